The van der Waals surface area contributed by atoms with E-state index in [9.17, 15) is 4.79 Å². The Kier molecular flexibility index (Phi) is 6.96. The molecule has 1 N–H and O–H groups in total. The summed E-state index contributed by atoms with van der Waals surface area (Å²) >= 11 is 0. The van der Waals surface area contributed by atoms with Gasteiger partial charge in [-0.25, -0.2) is 4.79 Å². The number of hydrogen-bond donors (Lipinski definition) is 1. The third-order valence-electron chi connectivity index (χ3n) is 2.00. The van der Waals surface area contributed by atoms with E-state index in [-0.39, 0.29) is 12.0 Å². The highest BCUT2D eigenvalue weighted by Gasteiger charge is 2.22. The number of nitrogens with one attached hydrogen (secondary N) is 1. The number of carbonyl (C=O) groups is 1. The molecular formula is C11H22N2O2. The molecule has 15 heavy (non-hydrogen) atoms. The van der Waals surface area contributed by atoms with Gasteiger partial charge in [0.15, 0.2) is 0 Å². The molecule has 1 unspecified atom stereocenters. The van der Waals surface area contributed by atoms with E-state index in [1.165, 1.54) is 0 Å². The van der Waals surface area contributed by atoms with Gasteiger partial charge in [0, 0.05) is 13.1 Å². The highest BCUT2D eigenvalue weighted by molar-refractivity contribution is 6.38. The summed E-state index contributed by atoms with van der Waals surface area (Å²) in [5.41, 5.74) is 0.480. The molecule has 0 heterocycles. The van der Waals surface area contributed by atoms with Crippen LogP contribution in [0.4, 0.5) is 0 Å². The van der Waals surface area contributed by atoms with Gasteiger partial charge in [-0.3, -0.25) is 4.99 Å². The second-order valence-corrected chi connectivity index (χ2v) is 3.61. The molecule has 0 spiro atoms. The highest BCUT2D eigenvalue weighted by Crippen LogP contribution is 2.00. The van der Waals surface area contributed by atoms with E-state index in [2.05, 4.69) is 10.3 Å². The van der Waals surface area contributed by atoms with Gasteiger partial charge in [-0.05, 0) is 13.3 Å². The number of esters is 1. The molecule has 0 aromatic rings. The highest BCUT2D eigenvalue weighted by atomic mass is 16.5. The van der Waals surface area contributed by atoms with Crippen LogP contribution in [0.5, 0.6) is 0 Å². The largest absolute Gasteiger partial charge is 0.461 e. The molecule has 0 aromatic carbocycles. The van der Waals surface area contributed by atoms with Gasteiger partial charge in [0.05, 0.1) is 12.6 Å². The Balaban J connectivity index is 4.55. The standard InChI is InChI=1S/C11H22N2O2/c1-6-9(13-8(3)4)10(12-5)11(14)15-7-2/h8-9,13H,6-7H2,1-5H3. The Morgan fingerprint density at radius 3 is 2.33 bits per heavy atom. The molecule has 0 saturated carbocycles. The van der Waals surface area contributed by atoms with Crippen LogP contribution in [0.1, 0.15) is 34.1 Å². The summed E-state index contributed by atoms with van der Waals surface area (Å²) < 4.78 is 4.95. The lowest BCUT2D eigenvalue weighted by Gasteiger charge is -2.20. The first-order valence-corrected chi connectivity index (χ1v) is 5.46. The van der Waals surface area contributed by atoms with Gasteiger partial charge in [-0.2, -0.15) is 0 Å². The average Bonchev–Trinajstić information content (AvgIpc) is 2.17. The normalized spacial score (nSPS) is 14.1. The average molecular weight is 214 g/mol. The van der Waals surface area contributed by atoms with E-state index in [4.69, 9.17) is 4.74 Å². The maximum absolute atomic E-state index is 11.6. The fourth-order valence-electron chi connectivity index (χ4n) is 1.39. The van der Waals surface area contributed by atoms with Crippen LogP contribution in [0.3, 0.4) is 0 Å². The lowest BCUT2D eigenvalue weighted by atomic mass is 10.1. The van der Waals surface area contributed by atoms with Crippen molar-refractivity contribution in [3.8, 4) is 0 Å². The van der Waals surface area contributed by atoms with Gasteiger partial charge >= 0.3 is 5.97 Å². The maximum Gasteiger partial charge on any atom is 0.353 e. The number of nitrogens with zero attached hydrogens (tertiary/aromatic N) is 1. The Morgan fingerprint density at radius 1 is 1.40 bits per heavy atom. The van der Waals surface area contributed by atoms with Crippen LogP contribution in [0, 0.1) is 0 Å². The first-order valence-electron chi connectivity index (χ1n) is 5.46. The number of rotatable bonds is 6. The maximum atomic E-state index is 11.6. The van der Waals surface area contributed by atoms with Crippen molar-refractivity contribution in [1.82, 2.24) is 5.32 Å². The van der Waals surface area contributed by atoms with Crippen LogP contribution in [0.25, 0.3) is 0 Å². The summed E-state index contributed by atoms with van der Waals surface area (Å²) in [6, 6.07) is 0.301. The minimum atomic E-state index is -0.319. The lowest BCUT2D eigenvalue weighted by molar-refractivity contribution is -0.135. The van der Waals surface area contributed by atoms with Gasteiger partial charge in [-0.1, -0.05) is 20.8 Å². The van der Waals surface area contributed by atoms with Gasteiger partial charge < -0.3 is 10.1 Å². The summed E-state index contributed by atoms with van der Waals surface area (Å²) in [6.07, 6.45) is 0.823. The Bertz CT molecular complexity index is 225. The molecule has 0 saturated heterocycles. The molecule has 0 fully saturated rings. The third kappa shape index (κ3) is 4.93. The molecular weight excluding hydrogens is 192 g/mol. The fourth-order valence-corrected chi connectivity index (χ4v) is 1.39. The van der Waals surface area contributed by atoms with Gasteiger partial charge in [0.2, 0.25) is 0 Å². The van der Waals surface area contributed by atoms with E-state index in [0.29, 0.717) is 18.4 Å². The smallest absolute Gasteiger partial charge is 0.353 e. The SMILES string of the molecule is CCOC(=O)C(=NC)C(CC)NC(C)C. The topological polar surface area (TPSA) is 50.7 Å². The van der Waals surface area contributed by atoms with Crippen molar-refractivity contribution in [2.45, 2.75) is 46.2 Å². The van der Waals surface area contributed by atoms with Crippen LogP contribution < -0.4 is 5.32 Å². The Labute approximate surface area is 92.1 Å². The van der Waals surface area contributed by atoms with Gasteiger partial charge in [-0.15, -0.1) is 0 Å². The minimum Gasteiger partial charge on any atom is -0.461 e. The monoisotopic (exact) mass is 214 g/mol. The zero-order valence-corrected chi connectivity index (χ0v) is 10.3. The Morgan fingerprint density at radius 2 is 2.00 bits per heavy atom. The number of aliphatic imine (C=N–C) groups is 1. The molecule has 88 valence electrons. The quantitative estimate of drug-likeness (QED) is 0.537. The van der Waals surface area contributed by atoms with Crippen molar-refractivity contribution in [2.75, 3.05) is 13.7 Å². The van der Waals surface area contributed by atoms with Crippen LogP contribution in [0.2, 0.25) is 0 Å². The van der Waals surface area contributed by atoms with Crippen LogP contribution in [-0.2, 0) is 9.53 Å². The van der Waals surface area contributed by atoms with Crippen molar-refractivity contribution in [3.05, 3.63) is 0 Å². The molecule has 0 aromatic heterocycles. The molecule has 4 heteroatoms. The molecule has 0 amide bonds. The summed E-state index contributed by atoms with van der Waals surface area (Å²) in [5, 5.41) is 3.29. The number of carbonyl (C=O) groups excluding carboxylic acids is 1. The summed E-state index contributed by atoms with van der Waals surface area (Å²) in [4.78, 5) is 15.6. The van der Waals surface area contributed by atoms with E-state index in [0.717, 1.165) is 6.42 Å². The van der Waals surface area contributed by atoms with Gasteiger partial charge in [0.1, 0.15) is 5.71 Å². The van der Waals surface area contributed by atoms with E-state index < -0.39 is 0 Å². The molecule has 0 radical (unpaired) electrons. The van der Waals surface area contributed by atoms with Crippen molar-refractivity contribution in [1.29, 1.82) is 0 Å². The molecule has 1 atom stereocenters. The van der Waals surface area contributed by atoms with Crippen molar-refractivity contribution < 1.29 is 9.53 Å². The van der Waals surface area contributed by atoms with Crippen LogP contribution >= 0.6 is 0 Å². The van der Waals surface area contributed by atoms with E-state index >= 15 is 0 Å². The fraction of sp³-hybridized carbons (Fsp3) is 0.818. The molecule has 0 aliphatic heterocycles. The zero-order valence-electron chi connectivity index (χ0n) is 10.3. The lowest BCUT2D eigenvalue weighted by Crippen LogP contribution is -2.44. The minimum absolute atomic E-state index is 0.0194. The second kappa shape index (κ2) is 7.40. The Hall–Kier alpha value is -0.900. The summed E-state index contributed by atoms with van der Waals surface area (Å²) in [5.74, 6) is -0.319. The number of ether oxygens (including phenoxy) is 1. The number of hydrogen-bond acceptors (Lipinski definition) is 4. The predicted molar refractivity (Wildman–Crippen MR) is 62.3 cm³/mol. The van der Waals surface area contributed by atoms with Gasteiger partial charge in [0.25, 0.3) is 0 Å². The molecule has 0 bridgehead atoms. The molecule has 0 aliphatic rings. The predicted octanol–water partition coefficient (Wildman–Crippen LogP) is 1.40. The first-order chi connectivity index (χ1) is 7.06. The van der Waals surface area contributed by atoms with Crippen LogP contribution in [-0.4, -0.2) is 37.4 Å². The molecule has 4 nitrogen and oxygen atoms in total. The van der Waals surface area contributed by atoms with E-state index in [1.54, 1.807) is 14.0 Å². The third-order valence-corrected chi connectivity index (χ3v) is 2.00. The summed E-state index contributed by atoms with van der Waals surface area (Å²) in [6.45, 7) is 8.28. The van der Waals surface area contributed by atoms with Crippen molar-refractivity contribution in [3.63, 3.8) is 0 Å². The van der Waals surface area contributed by atoms with Crippen molar-refractivity contribution >= 4 is 11.7 Å². The molecule has 0 aliphatic carbocycles. The molecule has 0 rings (SSSR count). The van der Waals surface area contributed by atoms with Crippen molar-refractivity contribution in [2.24, 2.45) is 4.99 Å². The first kappa shape index (κ1) is 14.1. The van der Waals surface area contributed by atoms with E-state index in [1.807, 2.05) is 20.8 Å². The van der Waals surface area contributed by atoms with Crippen LogP contribution in [0.15, 0.2) is 4.99 Å². The summed E-state index contributed by atoms with van der Waals surface area (Å²) in [7, 11) is 1.62. The second-order valence-electron chi connectivity index (χ2n) is 3.61. The zero-order chi connectivity index (χ0) is 11.8.